The van der Waals surface area contributed by atoms with Gasteiger partial charge in [-0.3, -0.25) is 0 Å². The number of halogens is 1. The van der Waals surface area contributed by atoms with Crippen molar-refractivity contribution in [2.45, 2.75) is 17.8 Å². The molecule has 1 aliphatic heterocycles. The Morgan fingerprint density at radius 1 is 1.43 bits per heavy atom. The summed E-state index contributed by atoms with van der Waals surface area (Å²) in [5.74, 6) is -0.337. The van der Waals surface area contributed by atoms with Crippen LogP contribution >= 0.6 is 0 Å². The van der Waals surface area contributed by atoms with Crippen molar-refractivity contribution in [1.82, 2.24) is 10.2 Å². The van der Waals surface area contributed by atoms with E-state index in [1.807, 2.05) is 0 Å². The van der Waals surface area contributed by atoms with Gasteiger partial charge in [0, 0.05) is 33.0 Å². The molecule has 1 aliphatic rings. The zero-order valence-electron chi connectivity index (χ0n) is 13.2. The molecule has 23 heavy (non-hydrogen) atoms. The number of sulfone groups is 1. The summed E-state index contributed by atoms with van der Waals surface area (Å²) in [5, 5.41) is 2.24. The summed E-state index contributed by atoms with van der Waals surface area (Å²) in [5.41, 5.74) is 0.754. The molecule has 6 nitrogen and oxygen atoms in total. The van der Waals surface area contributed by atoms with Gasteiger partial charge in [-0.2, -0.15) is 0 Å². The van der Waals surface area contributed by atoms with Crippen LogP contribution in [0.3, 0.4) is 0 Å². The molecule has 1 fully saturated rings. The summed E-state index contributed by atoms with van der Waals surface area (Å²) >= 11 is 0. The number of methoxy groups -OCH3 is 1. The molecule has 2 atom stereocenters. The second-order valence-corrected chi connectivity index (χ2v) is 7.97. The van der Waals surface area contributed by atoms with Crippen molar-refractivity contribution in [3.8, 4) is 0 Å². The molecule has 1 aromatic rings. The molecule has 0 bridgehead atoms. The Bertz CT molecular complexity index is 648. The average molecular weight is 344 g/mol. The lowest BCUT2D eigenvalue weighted by molar-refractivity contribution is 0.102. The minimum Gasteiger partial charge on any atom is -0.375 e. The van der Waals surface area contributed by atoms with Gasteiger partial charge in [-0.05, 0) is 24.1 Å². The summed E-state index contributed by atoms with van der Waals surface area (Å²) in [4.78, 5) is 13.6. The maximum Gasteiger partial charge on any atom is 0.317 e. The Morgan fingerprint density at radius 2 is 2.09 bits per heavy atom. The van der Waals surface area contributed by atoms with Crippen LogP contribution in [0.1, 0.15) is 18.1 Å². The van der Waals surface area contributed by atoms with Crippen molar-refractivity contribution in [3.63, 3.8) is 0 Å². The molecule has 1 aromatic carbocycles. The molecule has 0 aliphatic carbocycles. The molecule has 0 radical (unpaired) electrons. The van der Waals surface area contributed by atoms with Crippen LogP contribution in [0.15, 0.2) is 24.3 Å². The van der Waals surface area contributed by atoms with E-state index in [0.29, 0.717) is 13.0 Å². The first-order valence-electron chi connectivity index (χ1n) is 7.31. The number of carbonyl (C=O) groups is 1. The van der Waals surface area contributed by atoms with E-state index in [0.717, 1.165) is 5.56 Å². The Kier molecular flexibility index (Phi) is 5.59. The first kappa shape index (κ1) is 17.7. The van der Waals surface area contributed by atoms with Gasteiger partial charge >= 0.3 is 6.03 Å². The van der Waals surface area contributed by atoms with Crippen molar-refractivity contribution in [2.75, 3.05) is 33.0 Å². The third-order valence-corrected chi connectivity index (χ3v) is 5.60. The van der Waals surface area contributed by atoms with E-state index in [2.05, 4.69) is 5.32 Å². The van der Waals surface area contributed by atoms with Crippen molar-refractivity contribution in [3.05, 3.63) is 35.6 Å². The van der Waals surface area contributed by atoms with E-state index in [9.17, 15) is 17.6 Å². The van der Waals surface area contributed by atoms with Crippen molar-refractivity contribution in [1.29, 1.82) is 0 Å². The molecule has 1 saturated heterocycles. The molecule has 1 heterocycles. The molecule has 0 unspecified atom stereocenters. The van der Waals surface area contributed by atoms with E-state index >= 15 is 0 Å². The molecule has 8 heteroatoms. The average Bonchev–Trinajstić information content (AvgIpc) is 2.99. The number of nitrogens with one attached hydrogen (secondary N) is 1. The molecule has 0 saturated carbocycles. The maximum absolute atomic E-state index is 12.9. The lowest BCUT2D eigenvalue weighted by Crippen LogP contribution is -2.41. The van der Waals surface area contributed by atoms with Crippen molar-refractivity contribution >= 4 is 15.9 Å². The van der Waals surface area contributed by atoms with Crippen molar-refractivity contribution in [2.24, 2.45) is 0 Å². The fourth-order valence-electron chi connectivity index (χ4n) is 2.57. The maximum atomic E-state index is 12.9. The van der Waals surface area contributed by atoms with Crippen LogP contribution in [-0.2, 0) is 14.6 Å². The number of nitrogens with zero attached hydrogens (tertiary/aromatic N) is 1. The normalized spacial score (nSPS) is 19.6. The van der Waals surface area contributed by atoms with Crippen LogP contribution in [-0.4, -0.2) is 57.6 Å². The number of hydrogen-bond acceptors (Lipinski definition) is 4. The predicted molar refractivity (Wildman–Crippen MR) is 84.4 cm³/mol. The fraction of sp³-hybridized carbons (Fsp3) is 0.533. The highest BCUT2D eigenvalue weighted by Crippen LogP contribution is 2.18. The minimum atomic E-state index is -3.13. The van der Waals surface area contributed by atoms with Crippen LogP contribution < -0.4 is 5.32 Å². The molecular formula is C15H21FN2O4S. The smallest absolute Gasteiger partial charge is 0.317 e. The minimum absolute atomic E-state index is 0.207. The lowest BCUT2D eigenvalue weighted by Gasteiger charge is -2.21. The Hall–Kier alpha value is -1.67. The highest BCUT2D eigenvalue weighted by molar-refractivity contribution is 7.91. The van der Waals surface area contributed by atoms with E-state index < -0.39 is 21.2 Å². The van der Waals surface area contributed by atoms with E-state index in [1.165, 1.54) is 30.4 Å². The third-order valence-electron chi connectivity index (χ3n) is 4.00. The second-order valence-electron chi connectivity index (χ2n) is 5.65. The molecule has 128 valence electrons. The number of likely N-dealkylation sites (tertiary alicyclic amines) is 1. The summed E-state index contributed by atoms with van der Waals surface area (Å²) in [7, 11) is -1.62. The topological polar surface area (TPSA) is 75.7 Å². The lowest BCUT2D eigenvalue weighted by atomic mass is 10.1. The van der Waals surface area contributed by atoms with Gasteiger partial charge in [-0.25, -0.2) is 17.6 Å². The molecule has 2 rings (SSSR count). The quantitative estimate of drug-likeness (QED) is 0.875. The van der Waals surface area contributed by atoms with Crippen LogP contribution in [0.2, 0.25) is 0 Å². The summed E-state index contributed by atoms with van der Waals surface area (Å²) in [6.45, 7) is 0.845. The van der Waals surface area contributed by atoms with Crippen LogP contribution in [0.4, 0.5) is 9.18 Å². The monoisotopic (exact) mass is 344 g/mol. The van der Waals surface area contributed by atoms with Gasteiger partial charge in [-0.1, -0.05) is 12.1 Å². The molecular weight excluding hydrogens is 323 g/mol. The molecule has 0 aromatic heterocycles. The van der Waals surface area contributed by atoms with E-state index in [1.54, 1.807) is 12.1 Å². The Labute approximate surface area is 135 Å². The van der Waals surface area contributed by atoms with Gasteiger partial charge in [-0.15, -0.1) is 0 Å². The van der Waals surface area contributed by atoms with Crippen LogP contribution in [0.5, 0.6) is 0 Å². The van der Waals surface area contributed by atoms with Gasteiger partial charge in [0.2, 0.25) is 0 Å². The number of urea groups is 1. The summed E-state index contributed by atoms with van der Waals surface area (Å²) in [6.07, 6.45) is 1.25. The first-order valence-corrected chi connectivity index (χ1v) is 9.26. The molecule has 2 amide bonds. The standard InChI is InChI=1S/C15H21FN2O4S/c1-22-14(11-3-5-12(16)6-4-11)9-17-15(19)18-8-7-13(10-18)23(2,20)21/h3-6,13-14H,7-10H2,1-2H3,(H,17,19)/t13-,14-/m1/s1. The largest absolute Gasteiger partial charge is 0.375 e. The Balaban J connectivity index is 1.89. The number of hydrogen-bond donors (Lipinski definition) is 1. The highest BCUT2D eigenvalue weighted by atomic mass is 32.2. The number of ether oxygens (including phenoxy) is 1. The van der Waals surface area contributed by atoms with E-state index in [4.69, 9.17) is 4.74 Å². The zero-order chi connectivity index (χ0) is 17.0. The van der Waals surface area contributed by atoms with Gasteiger partial charge in [0.15, 0.2) is 9.84 Å². The van der Waals surface area contributed by atoms with Gasteiger partial charge < -0.3 is 15.0 Å². The van der Waals surface area contributed by atoms with Gasteiger partial charge in [0.05, 0.1) is 11.4 Å². The van der Waals surface area contributed by atoms with Crippen LogP contribution in [0.25, 0.3) is 0 Å². The number of benzene rings is 1. The first-order chi connectivity index (χ1) is 10.8. The summed E-state index contributed by atoms with van der Waals surface area (Å²) in [6, 6.07) is 5.55. The van der Waals surface area contributed by atoms with Gasteiger partial charge in [0.1, 0.15) is 5.82 Å². The third kappa shape index (κ3) is 4.65. The predicted octanol–water partition coefficient (Wildman–Crippen LogP) is 1.34. The number of rotatable bonds is 5. The number of amides is 2. The Morgan fingerprint density at radius 3 is 2.61 bits per heavy atom. The zero-order valence-corrected chi connectivity index (χ0v) is 14.0. The highest BCUT2D eigenvalue weighted by Gasteiger charge is 2.32. The van der Waals surface area contributed by atoms with Gasteiger partial charge in [0.25, 0.3) is 0 Å². The summed E-state index contributed by atoms with van der Waals surface area (Å²) < 4.78 is 41.3. The van der Waals surface area contributed by atoms with Crippen molar-refractivity contribution < 1.29 is 22.3 Å². The fourth-order valence-corrected chi connectivity index (χ4v) is 3.55. The number of carbonyl (C=O) groups excluding carboxylic acids is 1. The molecule has 1 N–H and O–H groups in total. The SMILES string of the molecule is CO[C@H](CNC(=O)N1CC[C@@H](S(C)(=O)=O)C1)c1ccc(F)cc1. The second kappa shape index (κ2) is 7.27. The van der Waals surface area contributed by atoms with E-state index in [-0.39, 0.29) is 24.9 Å². The van der Waals surface area contributed by atoms with Crippen LogP contribution in [0, 0.1) is 5.82 Å². The molecule has 0 spiro atoms.